The molecule has 0 N–H and O–H groups in total. The normalized spacial score (nSPS) is 12.3. The Kier molecular flexibility index (Phi) is 41.8. The second-order valence-corrected chi connectivity index (χ2v) is 12.0. The molecule has 0 aromatic rings. The van der Waals surface area contributed by atoms with Gasteiger partial charge in [0.1, 0.15) is 0 Å². The largest absolute Gasteiger partial charge is 2.00 e. The summed E-state index contributed by atoms with van der Waals surface area (Å²) in [6, 6.07) is 2.91. The Labute approximate surface area is 284 Å². The van der Waals surface area contributed by atoms with Gasteiger partial charge in [-0.05, 0) is 76.0 Å². The van der Waals surface area contributed by atoms with Gasteiger partial charge in [0.25, 0.3) is 0 Å². The molecular weight excluding hydrogens is 608 g/mol. The Morgan fingerprint density at radius 1 is 0.310 bits per heavy atom. The monoisotopic (exact) mass is 676 g/mol. The predicted octanol–water partition coefficient (Wildman–Crippen LogP) is 10.4. The van der Waals surface area contributed by atoms with Crippen molar-refractivity contribution in [2.24, 2.45) is 20.0 Å². The van der Waals surface area contributed by atoms with Crippen LogP contribution in [-0.2, 0) is 34.1 Å². The second kappa shape index (κ2) is 32.8. The predicted molar refractivity (Wildman–Crippen MR) is 187 cm³/mol. The van der Waals surface area contributed by atoms with Crippen molar-refractivity contribution in [2.45, 2.75) is 187 Å². The third kappa shape index (κ3) is 58.5. The molecule has 0 aromatic heterocycles. The van der Waals surface area contributed by atoms with Crippen molar-refractivity contribution in [3.05, 3.63) is 21.3 Å². The molecule has 252 valence electrons. The Balaban J connectivity index is -0.000000101. The zero-order valence-electron chi connectivity index (χ0n) is 30.9. The van der Waals surface area contributed by atoms with Crippen molar-refractivity contribution < 1.29 is 34.1 Å². The number of amidine groups is 4. The molecule has 0 aromatic carbocycles. The summed E-state index contributed by atoms with van der Waals surface area (Å²) in [4.78, 5) is 17.1. The van der Waals surface area contributed by atoms with Gasteiger partial charge in [-0.25, -0.2) is 0 Å². The van der Waals surface area contributed by atoms with Crippen molar-refractivity contribution in [3.8, 4) is 0 Å². The molecule has 0 rings (SSSR count). The average molecular weight is 677 g/mol. The van der Waals surface area contributed by atoms with Gasteiger partial charge in [-0.1, -0.05) is 134 Å². The average Bonchev–Trinajstić information content (AvgIpc) is 2.63. The molecule has 0 atom stereocenters. The van der Waals surface area contributed by atoms with Crippen LogP contribution in [0.25, 0.3) is 21.3 Å². The topological polar surface area (TPSA) is 106 Å². The van der Waals surface area contributed by atoms with Gasteiger partial charge in [-0.2, -0.15) is 0 Å². The van der Waals surface area contributed by atoms with Crippen molar-refractivity contribution in [3.63, 3.8) is 0 Å². The molecule has 0 aliphatic heterocycles. The molecule has 8 nitrogen and oxygen atoms in total. The van der Waals surface area contributed by atoms with Crippen LogP contribution in [0.2, 0.25) is 0 Å². The van der Waals surface area contributed by atoms with E-state index in [1.807, 2.05) is 27.7 Å². The van der Waals surface area contributed by atoms with Crippen LogP contribution in [0, 0.1) is 0 Å². The molecule has 0 unspecified atom stereocenters. The standard InChI is InChI=1S/4C8H17N2.2Fe/c4*1-6(2)9-8(5)10-7(3)4;;/h4*6-7H,1-5H3;;/q4*-1;2*+2. The van der Waals surface area contributed by atoms with Gasteiger partial charge < -0.3 is 41.2 Å². The van der Waals surface area contributed by atoms with E-state index < -0.39 is 0 Å². The van der Waals surface area contributed by atoms with E-state index in [9.17, 15) is 0 Å². The first-order valence-corrected chi connectivity index (χ1v) is 15.1. The van der Waals surface area contributed by atoms with Crippen LogP contribution in [0.4, 0.5) is 0 Å². The van der Waals surface area contributed by atoms with Crippen LogP contribution < -0.4 is 0 Å². The molecule has 0 aliphatic rings. The van der Waals surface area contributed by atoms with E-state index >= 15 is 0 Å². The van der Waals surface area contributed by atoms with Crippen molar-refractivity contribution >= 4 is 23.3 Å². The number of nitrogens with zero attached hydrogens (tertiary/aromatic N) is 8. The van der Waals surface area contributed by atoms with Crippen molar-refractivity contribution in [1.29, 1.82) is 0 Å². The number of hydrogen-bond donors (Lipinski definition) is 0. The smallest absolute Gasteiger partial charge is 0.467 e. The van der Waals surface area contributed by atoms with E-state index in [-0.39, 0.29) is 34.1 Å². The molecule has 0 saturated carbocycles. The Hall–Kier alpha value is -1.08. The summed E-state index contributed by atoms with van der Waals surface area (Å²) in [5.41, 5.74) is 0. The zero-order valence-corrected chi connectivity index (χ0v) is 33.1. The fourth-order valence-electron chi connectivity index (χ4n) is 3.12. The SMILES string of the molecule is CC(=NC(C)C)[N-]C(C)C.CC(=NC(C)C)[N-]C(C)C.CC(=NC(C)C)[N-]C(C)C.CC(=NC(C)C)[N-]C(C)C.[Fe+2].[Fe+2]. The van der Waals surface area contributed by atoms with Crippen LogP contribution in [0.3, 0.4) is 0 Å². The van der Waals surface area contributed by atoms with E-state index in [0.717, 1.165) is 23.3 Å². The van der Waals surface area contributed by atoms with Crippen LogP contribution in [0.5, 0.6) is 0 Å². The van der Waals surface area contributed by atoms with Crippen LogP contribution >= 0.6 is 0 Å². The van der Waals surface area contributed by atoms with E-state index in [1.165, 1.54) is 0 Å². The molecule has 0 heterocycles. The van der Waals surface area contributed by atoms with Crippen molar-refractivity contribution in [2.75, 3.05) is 0 Å². The number of hydrogen-bond acceptors (Lipinski definition) is 4. The minimum atomic E-state index is 0. The first-order valence-electron chi connectivity index (χ1n) is 15.1. The van der Waals surface area contributed by atoms with Gasteiger partial charge in [0, 0.05) is 0 Å². The van der Waals surface area contributed by atoms with Gasteiger partial charge in [-0.3, -0.25) is 0 Å². The maximum Gasteiger partial charge on any atom is 2.00 e. The molecule has 0 aliphatic carbocycles. The minimum absolute atomic E-state index is 0. The Bertz CT molecular complexity index is 589. The van der Waals surface area contributed by atoms with Crippen LogP contribution in [-0.4, -0.2) is 71.7 Å². The van der Waals surface area contributed by atoms with Gasteiger partial charge in [0.2, 0.25) is 0 Å². The fraction of sp³-hybridized carbons (Fsp3) is 0.875. The quantitative estimate of drug-likeness (QED) is 0.139. The molecule has 0 amide bonds. The molecule has 42 heavy (non-hydrogen) atoms. The van der Waals surface area contributed by atoms with E-state index in [2.05, 4.69) is 152 Å². The molecule has 0 saturated heterocycles. The summed E-state index contributed by atoms with van der Waals surface area (Å²) < 4.78 is 0. The summed E-state index contributed by atoms with van der Waals surface area (Å²) >= 11 is 0. The van der Waals surface area contributed by atoms with Gasteiger partial charge >= 0.3 is 34.1 Å². The first-order chi connectivity index (χ1) is 18.1. The van der Waals surface area contributed by atoms with Gasteiger partial charge in [0.15, 0.2) is 0 Å². The van der Waals surface area contributed by atoms with Crippen molar-refractivity contribution in [1.82, 2.24) is 0 Å². The summed E-state index contributed by atoms with van der Waals surface area (Å²) in [5, 5.41) is 17.1. The molecule has 0 radical (unpaired) electrons. The van der Waals surface area contributed by atoms with E-state index in [0.29, 0.717) is 48.3 Å². The zero-order chi connectivity index (χ0) is 32.6. The van der Waals surface area contributed by atoms with Crippen LogP contribution in [0.1, 0.15) is 138 Å². The maximum atomic E-state index is 4.27. The molecule has 0 bridgehead atoms. The fourth-order valence-corrected chi connectivity index (χ4v) is 3.12. The van der Waals surface area contributed by atoms with Crippen LogP contribution in [0.15, 0.2) is 20.0 Å². The van der Waals surface area contributed by atoms with E-state index in [4.69, 9.17) is 0 Å². The third-order valence-electron chi connectivity index (χ3n) is 3.56. The minimum Gasteiger partial charge on any atom is -0.467 e. The number of rotatable bonds is 8. The van der Waals surface area contributed by atoms with Gasteiger partial charge in [0.05, 0.1) is 0 Å². The third-order valence-corrected chi connectivity index (χ3v) is 3.56. The molecular formula is C32H68Fe2N8. The first kappa shape index (κ1) is 53.5. The summed E-state index contributed by atoms with van der Waals surface area (Å²) in [5.74, 6) is 3.63. The Morgan fingerprint density at radius 2 is 0.429 bits per heavy atom. The second-order valence-electron chi connectivity index (χ2n) is 12.0. The van der Waals surface area contributed by atoms with Gasteiger partial charge in [-0.15, -0.1) is 0 Å². The summed E-state index contributed by atoms with van der Waals surface area (Å²) in [6.45, 7) is 40.7. The maximum absolute atomic E-state index is 4.27. The molecule has 0 spiro atoms. The summed E-state index contributed by atoms with van der Waals surface area (Å²) in [7, 11) is 0. The van der Waals surface area contributed by atoms with E-state index in [1.54, 1.807) is 0 Å². The number of aliphatic imine (C=N–C) groups is 4. The molecule has 10 heteroatoms. The Morgan fingerprint density at radius 3 is 0.500 bits per heavy atom. The molecule has 0 fully saturated rings. The summed E-state index contributed by atoms with van der Waals surface area (Å²) in [6.07, 6.45) is 0.